The van der Waals surface area contributed by atoms with Gasteiger partial charge in [0.2, 0.25) is 5.91 Å². The summed E-state index contributed by atoms with van der Waals surface area (Å²) in [5, 5.41) is 22.5. The van der Waals surface area contributed by atoms with Crippen LogP contribution < -0.4 is 10.1 Å². The van der Waals surface area contributed by atoms with E-state index in [1.165, 1.54) is 19.1 Å². The quantitative estimate of drug-likeness (QED) is 0.646. The fourth-order valence-corrected chi connectivity index (χ4v) is 1.85. The first-order valence-electron chi connectivity index (χ1n) is 6.44. The van der Waals surface area contributed by atoms with Gasteiger partial charge in [0.15, 0.2) is 0 Å². The number of anilines is 1. The van der Waals surface area contributed by atoms with Gasteiger partial charge < -0.3 is 15.2 Å². The number of non-ortho nitro benzene ring substituents is 1. The number of carbonyl (C=O) groups is 2. The first-order chi connectivity index (χ1) is 10.9. The van der Waals surface area contributed by atoms with E-state index in [9.17, 15) is 19.7 Å². The van der Waals surface area contributed by atoms with Crippen molar-refractivity contribution in [2.75, 3.05) is 5.32 Å². The number of nitro benzene ring substituents is 1. The van der Waals surface area contributed by atoms with Crippen LogP contribution in [0.2, 0.25) is 0 Å². The van der Waals surface area contributed by atoms with Crippen LogP contribution in [0.25, 0.3) is 0 Å². The number of hydrogen-bond donors (Lipinski definition) is 2. The topological polar surface area (TPSA) is 119 Å². The lowest BCUT2D eigenvalue weighted by Crippen LogP contribution is -2.05. The molecule has 0 aliphatic carbocycles. The molecule has 118 valence electrons. The van der Waals surface area contributed by atoms with E-state index in [0.717, 1.165) is 18.2 Å². The van der Waals surface area contributed by atoms with Gasteiger partial charge in [0.25, 0.3) is 5.69 Å². The SMILES string of the molecule is CC(=O)Nc1cccc(Oc2cc([N+](=O)[O-])ccc2C(=O)O)c1. The summed E-state index contributed by atoms with van der Waals surface area (Å²) < 4.78 is 5.45. The monoisotopic (exact) mass is 316 g/mol. The van der Waals surface area contributed by atoms with Gasteiger partial charge in [-0.25, -0.2) is 4.79 Å². The average Bonchev–Trinajstić information content (AvgIpc) is 2.46. The van der Waals surface area contributed by atoms with Crippen LogP contribution in [0.5, 0.6) is 11.5 Å². The Morgan fingerprint density at radius 3 is 2.57 bits per heavy atom. The van der Waals surface area contributed by atoms with Crippen LogP contribution in [0.4, 0.5) is 11.4 Å². The number of aromatic carboxylic acids is 1. The van der Waals surface area contributed by atoms with Gasteiger partial charge in [-0.15, -0.1) is 0 Å². The number of benzene rings is 2. The van der Waals surface area contributed by atoms with Crippen molar-refractivity contribution >= 4 is 23.3 Å². The zero-order valence-corrected chi connectivity index (χ0v) is 12.0. The van der Waals surface area contributed by atoms with Crippen LogP contribution in [0.1, 0.15) is 17.3 Å². The second-order valence-corrected chi connectivity index (χ2v) is 4.55. The molecule has 23 heavy (non-hydrogen) atoms. The maximum absolute atomic E-state index is 11.2. The van der Waals surface area contributed by atoms with E-state index < -0.39 is 10.9 Å². The standard InChI is InChI=1S/C15H12N2O6/c1-9(18)16-10-3-2-4-12(7-10)23-14-8-11(17(21)22)5-6-13(14)15(19)20/h2-8H,1H3,(H,16,18)(H,19,20). The van der Waals surface area contributed by atoms with Gasteiger partial charge in [0.05, 0.1) is 11.0 Å². The Balaban J connectivity index is 2.38. The number of nitrogens with one attached hydrogen (secondary N) is 1. The number of nitro groups is 1. The zero-order valence-electron chi connectivity index (χ0n) is 12.0. The minimum Gasteiger partial charge on any atom is -0.478 e. The molecule has 0 fully saturated rings. The third-order valence-corrected chi connectivity index (χ3v) is 2.79. The van der Waals surface area contributed by atoms with Gasteiger partial charge in [0.1, 0.15) is 17.1 Å². The Labute approximate surface area is 130 Å². The molecule has 0 bridgehead atoms. The van der Waals surface area contributed by atoms with Crippen LogP contribution in [0.15, 0.2) is 42.5 Å². The molecule has 1 amide bonds. The van der Waals surface area contributed by atoms with Gasteiger partial charge in [0, 0.05) is 24.7 Å². The van der Waals surface area contributed by atoms with E-state index in [2.05, 4.69) is 5.32 Å². The van der Waals surface area contributed by atoms with E-state index in [-0.39, 0.29) is 28.7 Å². The van der Waals surface area contributed by atoms with Crippen molar-refractivity contribution in [3.63, 3.8) is 0 Å². The van der Waals surface area contributed by atoms with Crippen molar-refractivity contribution in [3.05, 3.63) is 58.1 Å². The molecule has 8 heteroatoms. The molecule has 0 unspecified atom stereocenters. The third-order valence-electron chi connectivity index (χ3n) is 2.79. The van der Waals surface area contributed by atoms with Crippen LogP contribution in [-0.2, 0) is 4.79 Å². The first-order valence-corrected chi connectivity index (χ1v) is 6.44. The normalized spacial score (nSPS) is 9.96. The second kappa shape index (κ2) is 6.56. The summed E-state index contributed by atoms with van der Waals surface area (Å²) in [6, 6.07) is 9.46. The van der Waals surface area contributed by atoms with Gasteiger partial charge in [-0.2, -0.15) is 0 Å². The fraction of sp³-hybridized carbons (Fsp3) is 0.0667. The van der Waals surface area contributed by atoms with Crippen molar-refractivity contribution in [2.45, 2.75) is 6.92 Å². The maximum Gasteiger partial charge on any atom is 0.339 e. The summed E-state index contributed by atoms with van der Waals surface area (Å²) in [5.41, 5.74) is -0.0409. The van der Waals surface area contributed by atoms with Crippen LogP contribution in [-0.4, -0.2) is 21.9 Å². The molecule has 0 atom stereocenters. The molecule has 2 rings (SSSR count). The Morgan fingerprint density at radius 2 is 1.96 bits per heavy atom. The highest BCUT2D eigenvalue weighted by molar-refractivity contribution is 5.91. The summed E-state index contributed by atoms with van der Waals surface area (Å²) in [7, 11) is 0. The largest absolute Gasteiger partial charge is 0.478 e. The second-order valence-electron chi connectivity index (χ2n) is 4.55. The van der Waals surface area contributed by atoms with Gasteiger partial charge >= 0.3 is 5.97 Å². The summed E-state index contributed by atoms with van der Waals surface area (Å²) in [6.07, 6.45) is 0. The number of carboxylic acid groups (broad SMARTS) is 1. The highest BCUT2D eigenvalue weighted by atomic mass is 16.6. The summed E-state index contributed by atoms with van der Waals surface area (Å²) in [4.78, 5) is 32.4. The lowest BCUT2D eigenvalue weighted by atomic mass is 10.2. The van der Waals surface area contributed by atoms with E-state index in [1.807, 2.05) is 0 Å². The first kappa shape index (κ1) is 16.0. The molecular weight excluding hydrogens is 304 g/mol. The number of ether oxygens (including phenoxy) is 1. The van der Waals surface area contributed by atoms with E-state index >= 15 is 0 Å². The minimum absolute atomic E-state index is 0.160. The van der Waals surface area contributed by atoms with Gasteiger partial charge in [-0.3, -0.25) is 14.9 Å². The number of amides is 1. The Hall–Kier alpha value is -3.42. The average molecular weight is 316 g/mol. The highest BCUT2D eigenvalue weighted by Crippen LogP contribution is 2.30. The molecule has 0 aliphatic rings. The van der Waals surface area contributed by atoms with Crippen LogP contribution in [0.3, 0.4) is 0 Å². The molecule has 0 radical (unpaired) electrons. The molecule has 0 saturated carbocycles. The fourth-order valence-electron chi connectivity index (χ4n) is 1.85. The Kier molecular flexibility index (Phi) is 4.55. The molecule has 2 aromatic rings. The molecule has 0 spiro atoms. The van der Waals surface area contributed by atoms with Crippen LogP contribution >= 0.6 is 0 Å². The third kappa shape index (κ3) is 4.03. The number of hydrogen-bond acceptors (Lipinski definition) is 5. The van der Waals surface area contributed by atoms with Crippen LogP contribution in [0, 0.1) is 10.1 Å². The molecule has 2 aromatic carbocycles. The Bertz CT molecular complexity index is 787. The number of carboxylic acids is 1. The van der Waals surface area contributed by atoms with Gasteiger partial charge in [-0.05, 0) is 18.2 Å². The summed E-state index contributed by atoms with van der Waals surface area (Å²) in [5.74, 6) is -1.47. The summed E-state index contributed by atoms with van der Waals surface area (Å²) in [6.45, 7) is 1.34. The maximum atomic E-state index is 11.2. The number of carbonyl (C=O) groups excluding carboxylic acids is 1. The molecule has 2 N–H and O–H groups in total. The van der Waals surface area contributed by atoms with E-state index in [1.54, 1.807) is 12.1 Å². The minimum atomic E-state index is -1.27. The van der Waals surface area contributed by atoms with Crippen molar-refractivity contribution in [1.82, 2.24) is 0 Å². The van der Waals surface area contributed by atoms with Gasteiger partial charge in [-0.1, -0.05) is 6.07 Å². The molecule has 0 saturated heterocycles. The predicted molar refractivity (Wildman–Crippen MR) is 80.9 cm³/mol. The molecule has 0 heterocycles. The van der Waals surface area contributed by atoms with E-state index in [4.69, 9.17) is 9.84 Å². The van der Waals surface area contributed by atoms with Crippen molar-refractivity contribution in [3.8, 4) is 11.5 Å². The smallest absolute Gasteiger partial charge is 0.339 e. The molecule has 0 aliphatic heterocycles. The summed E-state index contributed by atoms with van der Waals surface area (Å²) >= 11 is 0. The Morgan fingerprint density at radius 1 is 1.22 bits per heavy atom. The van der Waals surface area contributed by atoms with Crippen molar-refractivity contribution in [2.24, 2.45) is 0 Å². The zero-order chi connectivity index (χ0) is 17.0. The van der Waals surface area contributed by atoms with Crippen molar-refractivity contribution in [1.29, 1.82) is 0 Å². The highest BCUT2D eigenvalue weighted by Gasteiger charge is 2.17. The lowest BCUT2D eigenvalue weighted by Gasteiger charge is -2.10. The molecular formula is C15H12N2O6. The predicted octanol–water partition coefficient (Wildman–Crippen LogP) is 3.04. The van der Waals surface area contributed by atoms with E-state index in [0.29, 0.717) is 5.69 Å². The molecule has 0 aromatic heterocycles. The van der Waals surface area contributed by atoms with Crippen molar-refractivity contribution < 1.29 is 24.4 Å². The molecule has 8 nitrogen and oxygen atoms in total. The number of rotatable bonds is 5. The lowest BCUT2D eigenvalue weighted by molar-refractivity contribution is -0.384. The number of nitrogens with zero attached hydrogens (tertiary/aromatic N) is 1.